The van der Waals surface area contributed by atoms with Crippen LogP contribution in [0.3, 0.4) is 0 Å². The summed E-state index contributed by atoms with van der Waals surface area (Å²) in [5, 5.41) is 3.20. The Morgan fingerprint density at radius 1 is 1.21 bits per heavy atom. The number of carbonyl (C=O) groups excluding carboxylic acids is 1. The molecule has 7 heteroatoms. The van der Waals surface area contributed by atoms with Crippen molar-refractivity contribution in [1.29, 1.82) is 0 Å². The van der Waals surface area contributed by atoms with E-state index in [0.29, 0.717) is 0 Å². The second-order valence-electron chi connectivity index (χ2n) is 7.60. The van der Waals surface area contributed by atoms with Crippen molar-refractivity contribution in [1.82, 2.24) is 24.8 Å². The lowest BCUT2D eigenvalue weighted by Gasteiger charge is -2.33. The molecule has 1 fully saturated rings. The van der Waals surface area contributed by atoms with Crippen molar-refractivity contribution in [2.45, 2.75) is 45.2 Å². The quantitative estimate of drug-likeness (QED) is 0.739. The Kier molecular flexibility index (Phi) is 5.23. The zero-order valence-electron chi connectivity index (χ0n) is 16.4. The van der Waals surface area contributed by atoms with Crippen molar-refractivity contribution in [2.75, 3.05) is 18.0 Å². The summed E-state index contributed by atoms with van der Waals surface area (Å²) in [5.41, 5.74) is 1.94. The van der Waals surface area contributed by atoms with E-state index in [1.54, 1.807) is 12.4 Å². The van der Waals surface area contributed by atoms with Gasteiger partial charge in [0, 0.05) is 37.4 Å². The van der Waals surface area contributed by atoms with Gasteiger partial charge < -0.3 is 14.8 Å². The first-order chi connectivity index (χ1) is 13.6. The van der Waals surface area contributed by atoms with Gasteiger partial charge in [0.1, 0.15) is 12.4 Å². The molecule has 0 spiro atoms. The molecular formula is C21H26N6O. The highest BCUT2D eigenvalue weighted by atomic mass is 16.2. The average Bonchev–Trinajstić information content (AvgIpc) is 3.08. The molecule has 0 radical (unpaired) electrons. The van der Waals surface area contributed by atoms with Crippen molar-refractivity contribution >= 4 is 22.9 Å². The summed E-state index contributed by atoms with van der Waals surface area (Å²) in [7, 11) is 0. The normalized spacial score (nSPS) is 17.2. The minimum atomic E-state index is 0.0193. The highest BCUT2D eigenvalue weighted by Crippen LogP contribution is 2.22. The van der Waals surface area contributed by atoms with Gasteiger partial charge in [-0.2, -0.15) is 0 Å². The molecule has 1 atom stereocenters. The lowest BCUT2D eigenvalue weighted by Crippen LogP contribution is -2.49. The molecule has 0 bridgehead atoms. The van der Waals surface area contributed by atoms with Gasteiger partial charge in [-0.25, -0.2) is 15.0 Å². The molecule has 1 N–H and O–H groups in total. The first-order valence-corrected chi connectivity index (χ1v) is 9.88. The third-order valence-corrected chi connectivity index (χ3v) is 5.12. The fraction of sp³-hybridized carbons (Fsp3) is 0.429. The molecular weight excluding hydrogens is 352 g/mol. The summed E-state index contributed by atoms with van der Waals surface area (Å²) in [6, 6.07) is 9.90. The number of piperidine rings is 1. The highest BCUT2D eigenvalue weighted by Gasteiger charge is 2.24. The zero-order chi connectivity index (χ0) is 19.5. The van der Waals surface area contributed by atoms with Crippen molar-refractivity contribution in [3.8, 4) is 0 Å². The number of para-hydroxylation sites is 2. The number of benzene rings is 1. The summed E-state index contributed by atoms with van der Waals surface area (Å²) in [4.78, 5) is 28.4. The number of hydrogen-bond acceptors (Lipinski definition) is 5. The summed E-state index contributed by atoms with van der Waals surface area (Å²) < 4.78 is 2.04. The molecule has 0 saturated carbocycles. The number of imidazole rings is 1. The molecule has 0 aliphatic carbocycles. The van der Waals surface area contributed by atoms with Crippen LogP contribution in [0.5, 0.6) is 0 Å². The molecule has 28 heavy (non-hydrogen) atoms. The number of nitrogens with zero attached hydrogens (tertiary/aromatic N) is 5. The standard InChI is InChI=1S/C21H26N6O/c1-15(2)20-25-17-8-3-4-9-18(17)27(20)14-19(28)24-16-7-5-12-26(13-16)21-22-10-6-11-23-21/h3-4,6,8-11,15-16H,5,7,12-14H2,1-2H3,(H,24,28)/t16-/m0/s1. The van der Waals surface area contributed by atoms with Crippen LogP contribution in [-0.2, 0) is 11.3 Å². The molecule has 146 valence electrons. The number of nitrogens with one attached hydrogen (secondary N) is 1. The predicted octanol–water partition coefficient (Wildman–Crippen LogP) is 2.73. The Labute approximate surface area is 164 Å². The minimum absolute atomic E-state index is 0.0193. The van der Waals surface area contributed by atoms with Crippen LogP contribution in [0.4, 0.5) is 5.95 Å². The first kappa shape index (κ1) is 18.4. The molecule has 1 aliphatic rings. The van der Waals surface area contributed by atoms with Crippen LogP contribution in [0, 0.1) is 0 Å². The van der Waals surface area contributed by atoms with Crippen LogP contribution < -0.4 is 10.2 Å². The van der Waals surface area contributed by atoms with Crippen LogP contribution in [0.2, 0.25) is 0 Å². The van der Waals surface area contributed by atoms with Gasteiger partial charge in [-0.15, -0.1) is 0 Å². The van der Waals surface area contributed by atoms with Gasteiger partial charge in [0.25, 0.3) is 0 Å². The highest BCUT2D eigenvalue weighted by molar-refractivity contribution is 5.81. The Hall–Kier alpha value is -2.96. The van der Waals surface area contributed by atoms with Gasteiger partial charge in [0.05, 0.1) is 11.0 Å². The molecule has 3 aromatic rings. The smallest absolute Gasteiger partial charge is 0.240 e. The third kappa shape index (κ3) is 3.83. The number of carbonyl (C=O) groups is 1. The third-order valence-electron chi connectivity index (χ3n) is 5.12. The molecule has 7 nitrogen and oxygen atoms in total. The summed E-state index contributed by atoms with van der Waals surface area (Å²) in [5.74, 6) is 1.94. The minimum Gasteiger partial charge on any atom is -0.350 e. The Morgan fingerprint density at radius 2 is 2.00 bits per heavy atom. The number of rotatable bonds is 5. The van der Waals surface area contributed by atoms with Crippen LogP contribution >= 0.6 is 0 Å². The Bertz CT molecular complexity index is 952. The van der Waals surface area contributed by atoms with Crippen LogP contribution in [0.15, 0.2) is 42.7 Å². The maximum absolute atomic E-state index is 12.8. The van der Waals surface area contributed by atoms with Gasteiger partial charge in [0.15, 0.2) is 0 Å². The van der Waals surface area contributed by atoms with Crippen LogP contribution in [-0.4, -0.2) is 44.6 Å². The van der Waals surface area contributed by atoms with E-state index in [4.69, 9.17) is 4.98 Å². The Morgan fingerprint density at radius 3 is 2.79 bits per heavy atom. The second-order valence-corrected chi connectivity index (χ2v) is 7.60. The van der Waals surface area contributed by atoms with E-state index in [2.05, 4.69) is 34.0 Å². The summed E-state index contributed by atoms with van der Waals surface area (Å²) >= 11 is 0. The van der Waals surface area contributed by atoms with E-state index >= 15 is 0 Å². The van der Waals surface area contributed by atoms with E-state index in [-0.39, 0.29) is 24.4 Å². The first-order valence-electron chi connectivity index (χ1n) is 9.88. The molecule has 1 saturated heterocycles. The molecule has 2 aromatic heterocycles. The van der Waals surface area contributed by atoms with Crippen molar-refractivity contribution < 1.29 is 4.79 Å². The second kappa shape index (κ2) is 7.96. The van der Waals surface area contributed by atoms with Gasteiger partial charge >= 0.3 is 0 Å². The molecule has 1 aromatic carbocycles. The number of hydrogen-bond donors (Lipinski definition) is 1. The van der Waals surface area contributed by atoms with E-state index in [1.807, 2.05) is 34.9 Å². The predicted molar refractivity (Wildman–Crippen MR) is 109 cm³/mol. The van der Waals surface area contributed by atoms with E-state index in [9.17, 15) is 4.79 Å². The monoisotopic (exact) mass is 378 g/mol. The Balaban J connectivity index is 1.46. The van der Waals surface area contributed by atoms with E-state index < -0.39 is 0 Å². The molecule has 0 unspecified atom stereocenters. The molecule has 1 amide bonds. The van der Waals surface area contributed by atoms with Gasteiger partial charge in [-0.05, 0) is 31.0 Å². The SMILES string of the molecule is CC(C)c1nc2ccccc2n1CC(=O)N[C@H]1CCCN(c2ncccn2)C1. The van der Waals surface area contributed by atoms with E-state index in [1.165, 1.54) is 0 Å². The van der Waals surface area contributed by atoms with Gasteiger partial charge in [0.2, 0.25) is 11.9 Å². The van der Waals surface area contributed by atoms with E-state index in [0.717, 1.165) is 48.7 Å². The fourth-order valence-corrected chi connectivity index (χ4v) is 3.85. The van der Waals surface area contributed by atoms with Gasteiger partial charge in [-0.1, -0.05) is 26.0 Å². The van der Waals surface area contributed by atoms with Gasteiger partial charge in [-0.3, -0.25) is 4.79 Å². The largest absolute Gasteiger partial charge is 0.350 e. The number of anilines is 1. The van der Waals surface area contributed by atoms with Crippen LogP contribution in [0.25, 0.3) is 11.0 Å². The number of fused-ring (bicyclic) bond motifs is 1. The molecule has 3 heterocycles. The lowest BCUT2D eigenvalue weighted by atomic mass is 10.1. The topological polar surface area (TPSA) is 75.9 Å². The zero-order valence-corrected chi connectivity index (χ0v) is 16.4. The van der Waals surface area contributed by atoms with Crippen molar-refractivity contribution in [2.24, 2.45) is 0 Å². The molecule has 1 aliphatic heterocycles. The maximum Gasteiger partial charge on any atom is 0.240 e. The number of amides is 1. The van der Waals surface area contributed by atoms with Crippen molar-refractivity contribution in [3.63, 3.8) is 0 Å². The lowest BCUT2D eigenvalue weighted by molar-refractivity contribution is -0.122. The number of aromatic nitrogens is 4. The average molecular weight is 378 g/mol. The molecule has 4 rings (SSSR count). The van der Waals surface area contributed by atoms with Crippen molar-refractivity contribution in [3.05, 3.63) is 48.5 Å². The fourth-order valence-electron chi connectivity index (χ4n) is 3.85. The summed E-state index contributed by atoms with van der Waals surface area (Å²) in [6.45, 7) is 6.15. The maximum atomic E-state index is 12.8. The summed E-state index contributed by atoms with van der Waals surface area (Å²) in [6.07, 6.45) is 5.48. The van der Waals surface area contributed by atoms with Crippen LogP contribution in [0.1, 0.15) is 38.4 Å².